The molecule has 0 aliphatic carbocycles. The summed E-state index contributed by atoms with van der Waals surface area (Å²) in [5.41, 5.74) is 2.35. The highest BCUT2D eigenvalue weighted by Crippen LogP contribution is 2.25. The number of hydrogen-bond donors (Lipinski definition) is 0. The predicted molar refractivity (Wildman–Crippen MR) is 84.0 cm³/mol. The summed E-state index contributed by atoms with van der Waals surface area (Å²) < 4.78 is 16.9. The van der Waals surface area contributed by atoms with Gasteiger partial charge in [-0.15, -0.1) is 0 Å². The molecule has 0 aromatic carbocycles. The molecule has 4 heterocycles. The first-order valence-corrected chi connectivity index (χ1v) is 7.81. The SMILES string of the molecule is CN1CC(Oc2cccc(-c3cccc(C4OCCO4)n3)n2)C1. The predicted octanol–water partition coefficient (Wildman–Crippen LogP) is 1.88. The summed E-state index contributed by atoms with van der Waals surface area (Å²) in [5.74, 6) is 0.640. The fourth-order valence-electron chi connectivity index (χ4n) is 2.76. The van der Waals surface area contributed by atoms with Crippen LogP contribution in [-0.4, -0.2) is 54.3 Å². The maximum Gasteiger partial charge on any atom is 0.214 e. The second-order valence-electron chi connectivity index (χ2n) is 5.84. The smallest absolute Gasteiger partial charge is 0.214 e. The Labute approximate surface area is 135 Å². The summed E-state index contributed by atoms with van der Waals surface area (Å²) in [6, 6.07) is 11.5. The van der Waals surface area contributed by atoms with Crippen LogP contribution in [0.5, 0.6) is 5.88 Å². The van der Waals surface area contributed by atoms with Crippen LogP contribution in [0.4, 0.5) is 0 Å². The van der Waals surface area contributed by atoms with Crippen molar-refractivity contribution in [3.05, 3.63) is 42.1 Å². The van der Waals surface area contributed by atoms with Crippen LogP contribution in [-0.2, 0) is 9.47 Å². The second kappa shape index (κ2) is 6.23. The molecule has 2 saturated heterocycles. The maximum atomic E-state index is 5.88. The van der Waals surface area contributed by atoms with Crippen molar-refractivity contribution in [2.75, 3.05) is 33.4 Å². The Morgan fingerprint density at radius 2 is 1.70 bits per heavy atom. The topological polar surface area (TPSA) is 56.7 Å². The minimum absolute atomic E-state index is 0.224. The summed E-state index contributed by atoms with van der Waals surface area (Å²) in [6.07, 6.45) is -0.151. The standard InChI is InChI=1S/C17H19N3O3/c1-20-10-12(11-20)23-16-7-3-5-14(19-16)13-4-2-6-15(18-13)17-21-8-9-22-17/h2-7,12,17H,8-11H2,1H3. The molecule has 4 rings (SSSR count). The number of hydrogen-bond acceptors (Lipinski definition) is 6. The van der Waals surface area contributed by atoms with Crippen molar-refractivity contribution in [3.8, 4) is 17.3 Å². The number of rotatable bonds is 4. The molecule has 0 unspecified atom stereocenters. The first-order valence-electron chi connectivity index (χ1n) is 7.81. The number of likely N-dealkylation sites (tertiary alicyclic amines) is 1. The minimum atomic E-state index is -0.375. The second-order valence-corrected chi connectivity index (χ2v) is 5.84. The zero-order valence-electron chi connectivity index (χ0n) is 13.0. The summed E-state index contributed by atoms with van der Waals surface area (Å²) >= 11 is 0. The molecule has 2 aromatic rings. The van der Waals surface area contributed by atoms with Crippen molar-refractivity contribution in [2.24, 2.45) is 0 Å². The Bertz CT molecular complexity index is 682. The summed E-state index contributed by atoms with van der Waals surface area (Å²) in [6.45, 7) is 3.09. The zero-order valence-corrected chi connectivity index (χ0v) is 13.0. The Morgan fingerprint density at radius 1 is 1.00 bits per heavy atom. The number of ether oxygens (including phenoxy) is 3. The van der Waals surface area contributed by atoms with Crippen molar-refractivity contribution < 1.29 is 14.2 Å². The van der Waals surface area contributed by atoms with E-state index in [2.05, 4.69) is 21.9 Å². The lowest BCUT2D eigenvalue weighted by atomic mass is 10.2. The normalized spacial score (nSPS) is 19.7. The summed E-state index contributed by atoms with van der Waals surface area (Å²) in [7, 11) is 2.08. The van der Waals surface area contributed by atoms with Crippen LogP contribution in [0.25, 0.3) is 11.4 Å². The van der Waals surface area contributed by atoms with Crippen molar-refractivity contribution in [2.45, 2.75) is 12.4 Å². The van der Waals surface area contributed by atoms with Gasteiger partial charge in [-0.2, -0.15) is 0 Å². The zero-order chi connectivity index (χ0) is 15.6. The van der Waals surface area contributed by atoms with Gasteiger partial charge in [0.1, 0.15) is 6.10 Å². The van der Waals surface area contributed by atoms with E-state index in [0.717, 1.165) is 30.2 Å². The number of likely N-dealkylation sites (N-methyl/N-ethyl adjacent to an activating group) is 1. The molecule has 6 nitrogen and oxygen atoms in total. The van der Waals surface area contributed by atoms with Crippen LogP contribution >= 0.6 is 0 Å². The van der Waals surface area contributed by atoms with Crippen LogP contribution in [0.15, 0.2) is 36.4 Å². The maximum absolute atomic E-state index is 5.88. The highest BCUT2D eigenvalue weighted by atomic mass is 16.7. The van der Waals surface area contributed by atoms with Crippen LogP contribution in [0.1, 0.15) is 12.0 Å². The molecular weight excluding hydrogens is 294 g/mol. The number of nitrogens with zero attached hydrogens (tertiary/aromatic N) is 3. The Kier molecular flexibility index (Phi) is 3.95. The van der Waals surface area contributed by atoms with E-state index in [-0.39, 0.29) is 12.4 Å². The number of aromatic nitrogens is 2. The van der Waals surface area contributed by atoms with E-state index in [0.29, 0.717) is 19.1 Å². The molecule has 2 aliphatic rings. The molecule has 2 aliphatic heterocycles. The fraction of sp³-hybridized carbons (Fsp3) is 0.412. The van der Waals surface area contributed by atoms with Gasteiger partial charge in [0.25, 0.3) is 0 Å². The molecule has 6 heteroatoms. The van der Waals surface area contributed by atoms with Gasteiger partial charge in [-0.05, 0) is 25.2 Å². The van der Waals surface area contributed by atoms with E-state index >= 15 is 0 Å². The van der Waals surface area contributed by atoms with Crippen LogP contribution in [0.2, 0.25) is 0 Å². The Hall–Kier alpha value is -2.02. The summed E-state index contributed by atoms with van der Waals surface area (Å²) in [4.78, 5) is 11.4. The van der Waals surface area contributed by atoms with E-state index in [1.54, 1.807) is 0 Å². The van der Waals surface area contributed by atoms with E-state index in [1.807, 2.05) is 36.4 Å². The van der Waals surface area contributed by atoms with Gasteiger partial charge in [-0.1, -0.05) is 12.1 Å². The van der Waals surface area contributed by atoms with Crippen molar-refractivity contribution in [1.82, 2.24) is 14.9 Å². The third-order valence-electron chi connectivity index (χ3n) is 3.94. The van der Waals surface area contributed by atoms with Crippen LogP contribution < -0.4 is 4.74 Å². The molecule has 2 fully saturated rings. The first-order chi connectivity index (χ1) is 11.3. The van der Waals surface area contributed by atoms with E-state index < -0.39 is 0 Å². The lowest BCUT2D eigenvalue weighted by Gasteiger charge is -2.35. The highest BCUT2D eigenvalue weighted by Gasteiger charge is 2.25. The van der Waals surface area contributed by atoms with Gasteiger partial charge in [0.2, 0.25) is 12.2 Å². The molecule has 0 amide bonds. The first kappa shape index (κ1) is 14.6. The molecule has 0 radical (unpaired) electrons. The fourth-order valence-corrected chi connectivity index (χ4v) is 2.76. The van der Waals surface area contributed by atoms with Crippen molar-refractivity contribution in [3.63, 3.8) is 0 Å². The van der Waals surface area contributed by atoms with Crippen molar-refractivity contribution in [1.29, 1.82) is 0 Å². The van der Waals surface area contributed by atoms with Gasteiger partial charge in [-0.25, -0.2) is 9.97 Å². The van der Waals surface area contributed by atoms with E-state index in [9.17, 15) is 0 Å². The molecular formula is C17H19N3O3. The molecule has 0 atom stereocenters. The third-order valence-corrected chi connectivity index (χ3v) is 3.94. The molecule has 0 saturated carbocycles. The lowest BCUT2D eigenvalue weighted by Crippen LogP contribution is -2.51. The van der Waals surface area contributed by atoms with Gasteiger partial charge in [0.05, 0.1) is 30.3 Å². The van der Waals surface area contributed by atoms with Gasteiger partial charge >= 0.3 is 0 Å². The molecule has 0 N–H and O–H groups in total. The molecule has 23 heavy (non-hydrogen) atoms. The highest BCUT2D eigenvalue weighted by molar-refractivity contribution is 5.54. The van der Waals surface area contributed by atoms with Crippen molar-refractivity contribution >= 4 is 0 Å². The number of pyridine rings is 2. The quantitative estimate of drug-likeness (QED) is 0.859. The molecule has 0 spiro atoms. The van der Waals surface area contributed by atoms with E-state index in [1.165, 1.54) is 0 Å². The average Bonchev–Trinajstić information content (AvgIpc) is 3.08. The molecule has 0 bridgehead atoms. The van der Waals surface area contributed by atoms with Gasteiger partial charge < -0.3 is 14.2 Å². The lowest BCUT2D eigenvalue weighted by molar-refractivity contribution is -0.0472. The van der Waals surface area contributed by atoms with Gasteiger partial charge in [0.15, 0.2) is 0 Å². The minimum Gasteiger partial charge on any atom is -0.472 e. The molecule has 120 valence electrons. The van der Waals surface area contributed by atoms with E-state index in [4.69, 9.17) is 14.2 Å². The average molecular weight is 313 g/mol. The molecule has 2 aromatic heterocycles. The monoisotopic (exact) mass is 313 g/mol. The third kappa shape index (κ3) is 3.19. The van der Waals surface area contributed by atoms with Gasteiger partial charge in [0, 0.05) is 19.2 Å². The Morgan fingerprint density at radius 3 is 2.43 bits per heavy atom. The Balaban J connectivity index is 1.54. The van der Waals surface area contributed by atoms with Crippen LogP contribution in [0.3, 0.4) is 0 Å². The largest absolute Gasteiger partial charge is 0.472 e. The van der Waals surface area contributed by atoms with Gasteiger partial charge in [-0.3, -0.25) is 4.90 Å². The van der Waals surface area contributed by atoms with Crippen LogP contribution in [0, 0.1) is 0 Å². The summed E-state index contributed by atoms with van der Waals surface area (Å²) in [5, 5.41) is 0.